The second-order valence-corrected chi connectivity index (χ2v) is 8.66. The van der Waals surface area contributed by atoms with Crippen molar-refractivity contribution in [2.24, 2.45) is 4.99 Å². The number of benzene rings is 2. The van der Waals surface area contributed by atoms with E-state index < -0.39 is 5.69 Å². The molecule has 0 bridgehead atoms. The van der Waals surface area contributed by atoms with Crippen LogP contribution in [-0.4, -0.2) is 40.7 Å². The average Bonchev–Trinajstić information content (AvgIpc) is 3.51. The highest BCUT2D eigenvalue weighted by Crippen LogP contribution is 2.26. The van der Waals surface area contributed by atoms with Crippen molar-refractivity contribution in [2.75, 3.05) is 11.1 Å². The Kier molecular flexibility index (Phi) is 5.21. The van der Waals surface area contributed by atoms with Crippen molar-refractivity contribution in [1.29, 1.82) is 0 Å². The number of H-pyrrole nitrogens is 2. The summed E-state index contributed by atoms with van der Waals surface area (Å²) in [6.07, 6.45) is 5.23. The fraction of sp³-hybridized carbons (Fsp3) is 0.160. The average molecular weight is 482 g/mol. The molecule has 6 rings (SSSR count). The van der Waals surface area contributed by atoms with E-state index in [0.717, 1.165) is 29.5 Å². The number of nitrogen functional groups attached to an aromatic ring is 1. The predicted molar refractivity (Wildman–Crippen MR) is 135 cm³/mol. The van der Waals surface area contributed by atoms with Crippen LogP contribution in [-0.2, 0) is 6.54 Å². The fourth-order valence-corrected chi connectivity index (χ4v) is 4.00. The third-order valence-electron chi connectivity index (χ3n) is 5.91. The Hall–Kier alpha value is -4.93. The van der Waals surface area contributed by atoms with Crippen LogP contribution in [0.2, 0.25) is 0 Å². The van der Waals surface area contributed by atoms with Crippen LogP contribution in [0.5, 0.6) is 5.88 Å². The Labute approximate surface area is 204 Å². The molecular weight excluding hydrogens is 458 g/mol. The van der Waals surface area contributed by atoms with Crippen molar-refractivity contribution >= 4 is 23.4 Å². The van der Waals surface area contributed by atoms with Crippen LogP contribution < -0.4 is 27.6 Å². The summed E-state index contributed by atoms with van der Waals surface area (Å²) in [5.41, 5.74) is 10.5. The van der Waals surface area contributed by atoms with E-state index in [1.54, 1.807) is 16.8 Å². The fourth-order valence-electron chi connectivity index (χ4n) is 4.00. The molecular formula is C25H23N9O2. The zero-order valence-electron chi connectivity index (χ0n) is 19.1. The number of hydrogen-bond acceptors (Lipinski definition) is 8. The van der Waals surface area contributed by atoms with Crippen molar-refractivity contribution in [2.45, 2.75) is 25.4 Å². The Morgan fingerprint density at radius 2 is 2.03 bits per heavy atom. The summed E-state index contributed by atoms with van der Waals surface area (Å²) in [6.45, 7) is 0.475. The van der Waals surface area contributed by atoms with Gasteiger partial charge in [0.2, 0.25) is 11.8 Å². The topological polar surface area (TPSA) is 162 Å². The number of aromatic amines is 2. The second kappa shape index (κ2) is 8.69. The molecule has 0 radical (unpaired) electrons. The number of fused-ring (bicyclic) bond motifs is 1. The van der Waals surface area contributed by atoms with E-state index in [-0.39, 0.29) is 17.6 Å². The number of hydrogen-bond donors (Lipinski definition) is 5. The van der Waals surface area contributed by atoms with E-state index in [4.69, 9.17) is 10.7 Å². The minimum Gasteiger partial charge on any atom is -0.493 e. The molecule has 0 spiro atoms. The van der Waals surface area contributed by atoms with Crippen LogP contribution in [0, 0.1) is 0 Å². The highest BCUT2D eigenvalue weighted by molar-refractivity contribution is 5.70. The second-order valence-electron chi connectivity index (χ2n) is 8.66. The number of aromatic nitrogens is 6. The first kappa shape index (κ1) is 21.6. The Balaban J connectivity index is 1.40. The maximum Gasteiger partial charge on any atom is 0.326 e. The molecule has 1 saturated carbocycles. The zero-order chi connectivity index (χ0) is 24.6. The van der Waals surface area contributed by atoms with Crippen molar-refractivity contribution in [3.63, 3.8) is 0 Å². The van der Waals surface area contributed by atoms with Gasteiger partial charge in [0.25, 0.3) is 5.62 Å². The molecule has 3 aromatic heterocycles. The van der Waals surface area contributed by atoms with E-state index in [1.165, 1.54) is 0 Å². The van der Waals surface area contributed by atoms with Crippen molar-refractivity contribution in [1.82, 2.24) is 29.5 Å². The van der Waals surface area contributed by atoms with Crippen LogP contribution in [0.15, 0.2) is 64.5 Å². The van der Waals surface area contributed by atoms with E-state index in [1.807, 2.05) is 42.5 Å². The number of nitrogens with one attached hydrogen (secondary N) is 3. The van der Waals surface area contributed by atoms with Gasteiger partial charge in [-0.25, -0.2) is 9.79 Å². The molecule has 1 aliphatic carbocycles. The molecule has 11 heteroatoms. The summed E-state index contributed by atoms with van der Waals surface area (Å²) in [4.78, 5) is 30.4. The van der Waals surface area contributed by atoms with E-state index in [9.17, 15) is 9.90 Å². The van der Waals surface area contributed by atoms with Crippen LogP contribution >= 0.6 is 0 Å². The maximum absolute atomic E-state index is 11.5. The molecule has 0 amide bonds. The van der Waals surface area contributed by atoms with Gasteiger partial charge in [0.05, 0.1) is 12.2 Å². The lowest BCUT2D eigenvalue weighted by atomic mass is 9.99. The summed E-state index contributed by atoms with van der Waals surface area (Å²) in [5.74, 6) is 0.138. The largest absolute Gasteiger partial charge is 0.493 e. The molecule has 180 valence electrons. The van der Waals surface area contributed by atoms with Gasteiger partial charge in [-0.1, -0.05) is 36.4 Å². The lowest BCUT2D eigenvalue weighted by molar-refractivity contribution is 0.454. The molecule has 36 heavy (non-hydrogen) atoms. The van der Waals surface area contributed by atoms with Gasteiger partial charge in [0, 0.05) is 17.5 Å². The highest BCUT2D eigenvalue weighted by atomic mass is 16.3. The molecule has 6 N–H and O–H groups in total. The van der Waals surface area contributed by atoms with E-state index in [0.29, 0.717) is 34.7 Å². The van der Waals surface area contributed by atoms with Crippen molar-refractivity contribution in [3.05, 3.63) is 87.3 Å². The first-order chi connectivity index (χ1) is 17.5. The van der Waals surface area contributed by atoms with Gasteiger partial charge in [0.1, 0.15) is 5.69 Å². The molecule has 5 aromatic rings. The van der Waals surface area contributed by atoms with E-state index >= 15 is 0 Å². The summed E-state index contributed by atoms with van der Waals surface area (Å²) < 4.78 is 1.57. The van der Waals surface area contributed by atoms with Gasteiger partial charge in [-0.3, -0.25) is 4.98 Å². The molecule has 0 atom stereocenters. The lowest BCUT2D eigenvalue weighted by Gasteiger charge is -2.11. The third kappa shape index (κ3) is 4.29. The third-order valence-corrected chi connectivity index (χ3v) is 5.91. The SMILES string of the molecule is Nc1cccc(-c2ccccc2CNc2nc(=NC3CC3)n3ncc(=Cc4[nH]c(=O)[nH]c4O)c3n2)c1. The summed E-state index contributed by atoms with van der Waals surface area (Å²) in [6, 6.07) is 16.1. The van der Waals surface area contributed by atoms with Gasteiger partial charge in [-0.2, -0.15) is 19.6 Å². The molecule has 1 fully saturated rings. The molecule has 0 aliphatic heterocycles. The number of imidazole rings is 1. The number of nitrogens with two attached hydrogens (primary N) is 1. The summed E-state index contributed by atoms with van der Waals surface area (Å²) in [5, 5.41) is 18.3. The molecule has 0 saturated heterocycles. The zero-order valence-corrected chi connectivity index (χ0v) is 19.1. The van der Waals surface area contributed by atoms with Crippen LogP contribution in [0.4, 0.5) is 11.6 Å². The lowest BCUT2D eigenvalue weighted by Crippen LogP contribution is -2.24. The smallest absolute Gasteiger partial charge is 0.326 e. The number of rotatable bonds is 6. The van der Waals surface area contributed by atoms with Crippen LogP contribution in [0.3, 0.4) is 0 Å². The highest BCUT2D eigenvalue weighted by Gasteiger charge is 2.21. The normalized spacial score (nSPS) is 14.6. The van der Waals surface area contributed by atoms with Gasteiger partial charge in [0.15, 0.2) is 5.65 Å². The number of anilines is 2. The summed E-state index contributed by atoms with van der Waals surface area (Å²) in [7, 11) is 0. The minimum absolute atomic E-state index is 0.224. The Morgan fingerprint density at radius 1 is 1.17 bits per heavy atom. The van der Waals surface area contributed by atoms with Crippen molar-refractivity contribution in [3.8, 4) is 17.0 Å². The Bertz CT molecular complexity index is 1760. The first-order valence-electron chi connectivity index (χ1n) is 11.5. The standard InChI is InChI=1S/C25H23N9O2/c26-17-6-3-5-14(10-17)19-7-2-1-4-15(19)12-27-23-31-21-16(11-20-22(35)32-25(36)30-20)13-28-34(21)24(33-23)29-18-8-9-18/h1-7,10-11,13,18,35H,8-9,12,26H2,(H,27,29,33)(H2,30,32,36). The monoisotopic (exact) mass is 481 g/mol. The molecule has 11 nitrogen and oxygen atoms in total. The maximum atomic E-state index is 11.5. The van der Waals surface area contributed by atoms with Crippen LogP contribution in [0.1, 0.15) is 24.1 Å². The molecule has 3 heterocycles. The predicted octanol–water partition coefficient (Wildman–Crippen LogP) is 1.32. The van der Waals surface area contributed by atoms with Gasteiger partial charge in [-0.05, 0) is 47.7 Å². The number of nitrogens with zero attached hydrogens (tertiary/aromatic N) is 5. The van der Waals surface area contributed by atoms with Gasteiger partial charge in [-0.15, -0.1) is 0 Å². The van der Waals surface area contributed by atoms with Crippen molar-refractivity contribution < 1.29 is 5.11 Å². The summed E-state index contributed by atoms with van der Waals surface area (Å²) >= 11 is 0. The van der Waals surface area contributed by atoms with Gasteiger partial charge >= 0.3 is 5.69 Å². The van der Waals surface area contributed by atoms with Crippen LogP contribution in [0.25, 0.3) is 22.9 Å². The quantitative estimate of drug-likeness (QED) is 0.228. The molecule has 2 aromatic carbocycles. The minimum atomic E-state index is -0.504. The molecule has 0 unspecified atom stereocenters. The Morgan fingerprint density at radius 3 is 2.81 bits per heavy atom. The first-order valence-corrected chi connectivity index (χ1v) is 11.5. The number of aromatic hydroxyl groups is 1. The van der Waals surface area contributed by atoms with E-state index in [2.05, 4.69) is 36.4 Å². The van der Waals surface area contributed by atoms with Gasteiger partial charge < -0.3 is 21.1 Å². The molecule has 1 aliphatic rings.